The van der Waals surface area contributed by atoms with Crippen LogP contribution in [-0.4, -0.2) is 29.3 Å². The molecule has 0 saturated heterocycles. The number of aromatic nitrogens is 2. The van der Waals surface area contributed by atoms with Crippen LogP contribution in [0.3, 0.4) is 0 Å². The van der Waals surface area contributed by atoms with E-state index in [2.05, 4.69) is 20.7 Å². The van der Waals surface area contributed by atoms with E-state index in [1.807, 2.05) is 25.5 Å². The minimum atomic E-state index is -0.173. The molecule has 2 aromatic rings. The molecule has 1 aliphatic rings. The van der Waals surface area contributed by atoms with Gasteiger partial charge in [0.15, 0.2) is 5.96 Å². The van der Waals surface area contributed by atoms with Gasteiger partial charge >= 0.3 is 0 Å². The highest BCUT2D eigenvalue weighted by atomic mass is 127. The van der Waals surface area contributed by atoms with Gasteiger partial charge in [-0.2, -0.15) is 5.10 Å². The number of benzene rings is 1. The first-order valence-electron chi connectivity index (χ1n) is 7.79. The molecule has 2 N–H and O–H groups in total. The zero-order valence-corrected chi connectivity index (χ0v) is 16.3. The summed E-state index contributed by atoms with van der Waals surface area (Å²) in [4.78, 5) is 4.25. The van der Waals surface area contributed by atoms with Gasteiger partial charge in [0, 0.05) is 44.4 Å². The number of guanidine groups is 1. The Morgan fingerprint density at radius 2 is 2.17 bits per heavy atom. The zero-order chi connectivity index (χ0) is 16.3. The number of aryl methyl sites for hydroxylation is 1. The van der Waals surface area contributed by atoms with Crippen LogP contribution in [0.5, 0.6) is 0 Å². The van der Waals surface area contributed by atoms with Crippen molar-refractivity contribution in [1.82, 2.24) is 20.4 Å². The van der Waals surface area contributed by atoms with E-state index in [4.69, 9.17) is 0 Å². The molecular formula is C17H23FIN5. The Balaban J connectivity index is 0.00000208. The topological polar surface area (TPSA) is 54.2 Å². The van der Waals surface area contributed by atoms with Gasteiger partial charge in [0.05, 0.1) is 6.20 Å². The van der Waals surface area contributed by atoms with Gasteiger partial charge in [-0.3, -0.25) is 9.67 Å². The molecule has 0 bridgehead atoms. The quantitative estimate of drug-likeness (QED) is 0.425. The van der Waals surface area contributed by atoms with Gasteiger partial charge in [-0.05, 0) is 30.5 Å². The van der Waals surface area contributed by atoms with Crippen LogP contribution in [0.1, 0.15) is 24.0 Å². The minimum Gasteiger partial charge on any atom is -0.356 e. The first-order valence-corrected chi connectivity index (χ1v) is 7.79. The smallest absolute Gasteiger partial charge is 0.191 e. The van der Waals surface area contributed by atoms with Gasteiger partial charge in [0.25, 0.3) is 0 Å². The third-order valence-corrected chi connectivity index (χ3v) is 4.33. The first kappa shape index (κ1) is 18.7. The molecule has 130 valence electrons. The van der Waals surface area contributed by atoms with Crippen molar-refractivity contribution >= 4 is 29.9 Å². The summed E-state index contributed by atoms with van der Waals surface area (Å²) in [5, 5.41) is 10.8. The summed E-state index contributed by atoms with van der Waals surface area (Å²) >= 11 is 0. The van der Waals surface area contributed by atoms with E-state index in [1.54, 1.807) is 23.9 Å². The fourth-order valence-electron chi connectivity index (χ4n) is 2.76. The highest BCUT2D eigenvalue weighted by Gasteiger charge is 2.44. The maximum atomic E-state index is 13.4. The summed E-state index contributed by atoms with van der Waals surface area (Å²) in [5.41, 5.74) is 2.20. The van der Waals surface area contributed by atoms with Crippen LogP contribution in [0, 0.1) is 5.82 Å². The summed E-state index contributed by atoms with van der Waals surface area (Å²) in [6, 6.07) is 6.91. The highest BCUT2D eigenvalue weighted by molar-refractivity contribution is 14.0. The number of nitrogens with zero attached hydrogens (tertiary/aromatic N) is 3. The molecule has 0 radical (unpaired) electrons. The second-order valence-corrected chi connectivity index (χ2v) is 6.09. The molecule has 1 aliphatic carbocycles. The molecule has 0 atom stereocenters. The van der Waals surface area contributed by atoms with Gasteiger partial charge in [-0.25, -0.2) is 4.39 Å². The van der Waals surface area contributed by atoms with E-state index in [1.165, 1.54) is 6.07 Å². The van der Waals surface area contributed by atoms with Crippen LogP contribution in [0.4, 0.5) is 4.39 Å². The summed E-state index contributed by atoms with van der Waals surface area (Å²) in [5.74, 6) is 0.574. The van der Waals surface area contributed by atoms with Crippen LogP contribution in [0.15, 0.2) is 41.7 Å². The van der Waals surface area contributed by atoms with E-state index in [-0.39, 0.29) is 35.2 Å². The van der Waals surface area contributed by atoms with Crippen molar-refractivity contribution in [3.05, 3.63) is 53.6 Å². The Kier molecular flexibility index (Phi) is 6.20. The Labute approximate surface area is 158 Å². The SMILES string of the molecule is CN=C(NCc1cnn(C)c1)NCC1(c2cccc(F)c2)CC1.I. The summed E-state index contributed by atoms with van der Waals surface area (Å²) in [7, 11) is 3.65. The number of halogens is 2. The minimum absolute atomic E-state index is 0. The van der Waals surface area contributed by atoms with Crippen LogP contribution in [-0.2, 0) is 19.0 Å². The third-order valence-electron chi connectivity index (χ3n) is 4.33. The van der Waals surface area contributed by atoms with Crippen molar-refractivity contribution in [2.24, 2.45) is 12.0 Å². The average Bonchev–Trinajstić information content (AvgIpc) is 3.23. The molecule has 3 rings (SSSR count). The Hall–Kier alpha value is -1.64. The largest absolute Gasteiger partial charge is 0.356 e. The van der Waals surface area contributed by atoms with E-state index >= 15 is 0 Å². The molecule has 1 heterocycles. The van der Waals surface area contributed by atoms with Gasteiger partial charge < -0.3 is 10.6 Å². The van der Waals surface area contributed by atoms with Gasteiger partial charge in [0.2, 0.25) is 0 Å². The standard InChI is InChI=1S/C17H22FN5.HI/c1-19-16(20-9-13-10-22-23(2)11-13)21-12-17(6-7-17)14-4-3-5-15(18)8-14;/h3-5,8,10-11H,6-7,9,12H2,1-2H3,(H2,19,20,21);1H. The van der Waals surface area contributed by atoms with E-state index < -0.39 is 0 Å². The zero-order valence-electron chi connectivity index (χ0n) is 13.9. The lowest BCUT2D eigenvalue weighted by molar-refractivity contribution is 0.607. The predicted octanol–water partition coefficient (Wildman–Crippen LogP) is 2.57. The van der Waals surface area contributed by atoms with E-state index in [9.17, 15) is 4.39 Å². The van der Waals surface area contributed by atoms with Crippen molar-refractivity contribution in [2.45, 2.75) is 24.8 Å². The number of rotatable bonds is 5. The average molecular weight is 443 g/mol. The van der Waals surface area contributed by atoms with Crippen molar-refractivity contribution in [2.75, 3.05) is 13.6 Å². The lowest BCUT2D eigenvalue weighted by atomic mass is 9.96. The lowest BCUT2D eigenvalue weighted by Crippen LogP contribution is -2.40. The summed E-state index contributed by atoms with van der Waals surface area (Å²) < 4.78 is 15.2. The molecule has 1 aromatic heterocycles. The molecule has 24 heavy (non-hydrogen) atoms. The van der Waals surface area contributed by atoms with Crippen LogP contribution in [0.25, 0.3) is 0 Å². The molecule has 0 unspecified atom stereocenters. The summed E-state index contributed by atoms with van der Waals surface area (Å²) in [6.45, 7) is 1.42. The maximum Gasteiger partial charge on any atom is 0.191 e. The van der Waals surface area contributed by atoms with Gasteiger partial charge in [-0.1, -0.05) is 12.1 Å². The van der Waals surface area contributed by atoms with E-state index in [0.717, 1.165) is 36.5 Å². The number of hydrogen-bond donors (Lipinski definition) is 2. The summed E-state index contributed by atoms with van der Waals surface area (Å²) in [6.07, 6.45) is 5.94. The lowest BCUT2D eigenvalue weighted by Gasteiger charge is -2.19. The third kappa shape index (κ3) is 4.46. The van der Waals surface area contributed by atoms with Crippen molar-refractivity contribution in [3.8, 4) is 0 Å². The van der Waals surface area contributed by atoms with Crippen LogP contribution < -0.4 is 10.6 Å². The molecule has 0 amide bonds. The van der Waals surface area contributed by atoms with E-state index in [0.29, 0.717) is 6.54 Å². The predicted molar refractivity (Wildman–Crippen MR) is 104 cm³/mol. The van der Waals surface area contributed by atoms with Crippen molar-refractivity contribution < 1.29 is 4.39 Å². The Bertz CT molecular complexity index is 709. The van der Waals surface area contributed by atoms with Crippen molar-refractivity contribution in [3.63, 3.8) is 0 Å². The van der Waals surface area contributed by atoms with Crippen molar-refractivity contribution in [1.29, 1.82) is 0 Å². The first-order chi connectivity index (χ1) is 11.1. The molecule has 0 aliphatic heterocycles. The number of aliphatic imine (C=N–C) groups is 1. The second kappa shape index (κ2) is 7.96. The fraction of sp³-hybridized carbons (Fsp3) is 0.412. The molecule has 1 fully saturated rings. The monoisotopic (exact) mass is 443 g/mol. The van der Waals surface area contributed by atoms with Crippen LogP contribution >= 0.6 is 24.0 Å². The molecular weight excluding hydrogens is 420 g/mol. The van der Waals surface area contributed by atoms with Gasteiger partial charge in [-0.15, -0.1) is 24.0 Å². The van der Waals surface area contributed by atoms with Gasteiger partial charge in [0.1, 0.15) is 5.82 Å². The second-order valence-electron chi connectivity index (χ2n) is 6.09. The Morgan fingerprint density at radius 3 is 2.75 bits per heavy atom. The number of nitrogens with one attached hydrogen (secondary N) is 2. The molecule has 1 saturated carbocycles. The normalized spacial score (nSPS) is 15.5. The fourth-order valence-corrected chi connectivity index (χ4v) is 2.76. The number of hydrogen-bond acceptors (Lipinski definition) is 2. The highest BCUT2D eigenvalue weighted by Crippen LogP contribution is 2.47. The Morgan fingerprint density at radius 1 is 1.38 bits per heavy atom. The molecule has 7 heteroatoms. The molecule has 5 nitrogen and oxygen atoms in total. The maximum absolute atomic E-state index is 13.4. The molecule has 1 aromatic carbocycles. The van der Waals surface area contributed by atoms with Crippen LogP contribution in [0.2, 0.25) is 0 Å². The molecule has 0 spiro atoms.